The Balaban J connectivity index is -0.000000192. The molecule has 0 fully saturated rings. The molecule has 0 aromatic heterocycles. The maximum absolute atomic E-state index is 11.3. The Morgan fingerprint density at radius 1 is 0.536 bits per heavy atom. The monoisotopic (exact) mass is 496 g/mol. The normalized spacial score (nSPS) is 13.4. The number of alkyl halides is 12. The maximum Gasteiger partial charge on any atom is 1.00 e. The van der Waals surface area contributed by atoms with E-state index in [2.05, 4.69) is 0 Å². The first kappa shape index (κ1) is 33.6. The van der Waals surface area contributed by atoms with Gasteiger partial charge in [0.1, 0.15) is 0 Å². The van der Waals surface area contributed by atoms with Gasteiger partial charge in [-0.15, -0.1) is 0 Å². The van der Waals surface area contributed by atoms with Gasteiger partial charge >= 0.3 is 41.8 Å². The predicted octanol–water partition coefficient (Wildman–Crippen LogP) is 0.924. The largest absolute Gasteiger partial charge is 1.00 e. The van der Waals surface area contributed by atoms with Crippen molar-refractivity contribution in [3.63, 3.8) is 0 Å². The first-order valence-corrected chi connectivity index (χ1v) is 5.24. The molecule has 0 unspecified atom stereocenters. The summed E-state index contributed by atoms with van der Waals surface area (Å²) < 4.78 is 136. The summed E-state index contributed by atoms with van der Waals surface area (Å²) in [4.78, 5) is 19.6. The summed E-state index contributed by atoms with van der Waals surface area (Å²) in [6.45, 7) is 0. The van der Waals surface area contributed by atoms with E-state index in [1.165, 1.54) is 0 Å². The first-order chi connectivity index (χ1) is 11.1. The Morgan fingerprint density at radius 2 is 0.714 bits per heavy atom. The molecular weight excluding hydrogens is 492 g/mol. The molecule has 0 rings (SSSR count). The van der Waals surface area contributed by atoms with Crippen molar-refractivity contribution in [2.75, 3.05) is 0 Å². The van der Waals surface area contributed by atoms with E-state index in [0.717, 1.165) is 0 Å². The number of carbonyl (C=O) groups excluding carboxylic acids is 2. The third-order valence-corrected chi connectivity index (χ3v) is 1.64. The Morgan fingerprint density at radius 3 is 0.821 bits per heavy atom. The Hall–Kier alpha value is -1.94. The zero-order valence-electron chi connectivity index (χ0n) is 12.2. The number of hydrogen-bond donors (Lipinski definition) is 0. The van der Waals surface area contributed by atoms with Gasteiger partial charge < -0.3 is 15.7 Å². The van der Waals surface area contributed by atoms with E-state index in [1.54, 1.807) is 0 Å². The van der Waals surface area contributed by atoms with E-state index in [4.69, 9.17) is 0 Å². The van der Waals surface area contributed by atoms with Gasteiger partial charge in [0, 0.05) is 0 Å². The second-order valence-corrected chi connectivity index (χ2v) is 3.74. The van der Waals surface area contributed by atoms with Crippen LogP contribution in [0.4, 0.5) is 52.7 Å². The van der Waals surface area contributed by atoms with E-state index in [1.807, 2.05) is 0 Å². The molecule has 170 valence electrons. The van der Waals surface area contributed by atoms with Gasteiger partial charge in [-0.1, -0.05) is 0 Å². The van der Waals surface area contributed by atoms with E-state index < -0.39 is 59.9 Å². The summed E-state index contributed by atoms with van der Waals surface area (Å²) >= 11 is 0. The molecule has 5 nitrogen and oxygen atoms in total. The minimum Gasteiger partial charge on any atom is -0.869 e. The molecule has 0 atom stereocenters. The zero-order chi connectivity index (χ0) is 21.7. The van der Waals surface area contributed by atoms with Crippen LogP contribution in [0.15, 0.2) is 23.7 Å². The summed E-state index contributed by atoms with van der Waals surface area (Å²) in [7, 11) is 0. The van der Waals surface area contributed by atoms with Gasteiger partial charge in [-0.05, 0) is 23.7 Å². The van der Waals surface area contributed by atoms with E-state index >= 15 is 0 Å². The first-order valence-electron chi connectivity index (χ1n) is 5.24. The Labute approximate surface area is 156 Å². The topological polar surface area (TPSA) is 113 Å². The number of hydrogen-bond acceptors (Lipinski definition) is 4. The molecule has 0 aliphatic carbocycles. The van der Waals surface area contributed by atoms with Crippen LogP contribution in [0.25, 0.3) is 0 Å². The number of allylic oxidation sites excluding steroid dienone is 4. The van der Waals surface area contributed by atoms with Crippen molar-refractivity contribution in [2.24, 2.45) is 0 Å². The quantitative estimate of drug-likeness (QED) is 0.186. The van der Waals surface area contributed by atoms with Crippen LogP contribution in [-0.2, 0) is 32.1 Å². The van der Waals surface area contributed by atoms with Crippen LogP contribution < -0.4 is 10.2 Å². The van der Waals surface area contributed by atoms with E-state index in [9.17, 15) is 72.5 Å². The number of halogens is 12. The van der Waals surface area contributed by atoms with Crippen LogP contribution in [0.1, 0.15) is 0 Å². The molecule has 3 N–H and O–H groups in total. The van der Waals surface area contributed by atoms with Gasteiger partial charge in [-0.25, -0.2) is 0 Å². The molecule has 0 aromatic carbocycles. The number of carbonyl (C=O) groups is 2. The summed E-state index contributed by atoms with van der Waals surface area (Å²) in [5, 5.41) is 19.6. The molecule has 0 amide bonds. The third kappa shape index (κ3) is 14.2. The molecule has 0 radical (unpaired) electrons. The van der Waals surface area contributed by atoms with Gasteiger partial charge in [-0.3, -0.25) is 9.59 Å². The Kier molecular flexibility index (Phi) is 13.4. The van der Waals surface area contributed by atoms with E-state index in [0.29, 0.717) is 0 Å². The molecular formula is C10H5CuF12O5. The van der Waals surface area contributed by atoms with Gasteiger partial charge in [-0.2, -0.15) is 52.7 Å². The third-order valence-electron chi connectivity index (χ3n) is 1.64. The molecule has 28 heavy (non-hydrogen) atoms. The molecule has 0 heterocycles. The second-order valence-electron chi connectivity index (χ2n) is 3.74. The van der Waals surface area contributed by atoms with Crippen molar-refractivity contribution in [1.29, 1.82) is 0 Å². The van der Waals surface area contributed by atoms with Crippen molar-refractivity contribution in [2.45, 2.75) is 24.7 Å². The van der Waals surface area contributed by atoms with Crippen molar-refractivity contribution < 1.29 is 95.0 Å². The van der Waals surface area contributed by atoms with Crippen LogP contribution in [0.5, 0.6) is 0 Å². The Bertz CT molecular complexity index is 530. The van der Waals surface area contributed by atoms with Crippen molar-refractivity contribution in [3.8, 4) is 0 Å². The van der Waals surface area contributed by atoms with Crippen LogP contribution in [0, 0.1) is 0 Å². The minimum atomic E-state index is -5.46. The van der Waals surface area contributed by atoms with Crippen LogP contribution in [-0.4, -0.2) is 36.3 Å². The summed E-state index contributed by atoms with van der Waals surface area (Å²) in [5.41, 5.74) is 0. The zero-order valence-corrected chi connectivity index (χ0v) is 13.1. The summed E-state index contributed by atoms with van der Waals surface area (Å²) in [6, 6.07) is 0. The molecule has 0 aliphatic heterocycles. The fourth-order valence-corrected chi connectivity index (χ4v) is 0.565. The average Bonchev–Trinajstić information content (AvgIpc) is 2.34. The second kappa shape index (κ2) is 11.2. The average molecular weight is 497 g/mol. The smallest absolute Gasteiger partial charge is 0.869 e. The summed E-state index contributed by atoms with van der Waals surface area (Å²) in [5.74, 6) is -11.3. The molecule has 0 saturated heterocycles. The van der Waals surface area contributed by atoms with Crippen LogP contribution in [0.2, 0.25) is 0 Å². The predicted molar refractivity (Wildman–Crippen MR) is 55.3 cm³/mol. The standard InChI is InChI=1S/2C5H2F6O2.Cu.H2O/c2*6-4(7,8)2(12)1-3(13)5(9,10)11;;/h2*1,12H;;1H2/q;;+1;/p-1/b2*2-1-;;. The SMILES string of the molecule is O=C(/C=C(\[O-])C(F)(F)F)C(F)(F)F.O=C(/C=C(\[O-])C(F)(F)F)C(F)(F)F.[Cu+].[OH3+]. The minimum absolute atomic E-state index is 0. The molecule has 0 aromatic rings. The van der Waals surface area contributed by atoms with Gasteiger partial charge in [0.15, 0.2) is 0 Å². The molecule has 0 bridgehead atoms. The molecule has 0 spiro atoms. The van der Waals surface area contributed by atoms with Crippen LogP contribution >= 0.6 is 0 Å². The van der Waals surface area contributed by atoms with Crippen molar-refractivity contribution in [3.05, 3.63) is 23.7 Å². The van der Waals surface area contributed by atoms with Crippen molar-refractivity contribution in [1.82, 2.24) is 0 Å². The summed E-state index contributed by atoms with van der Waals surface area (Å²) in [6.07, 6.45) is -23.9. The number of ketones is 2. The fraction of sp³-hybridized carbons (Fsp3) is 0.400. The molecule has 0 saturated carbocycles. The molecule has 0 aliphatic rings. The fourth-order valence-electron chi connectivity index (χ4n) is 0.565. The maximum atomic E-state index is 11.3. The number of rotatable bonds is 2. The van der Waals surface area contributed by atoms with Gasteiger partial charge in [0.05, 0.1) is 0 Å². The van der Waals surface area contributed by atoms with Crippen molar-refractivity contribution >= 4 is 11.6 Å². The van der Waals surface area contributed by atoms with Gasteiger partial charge in [0.25, 0.3) is 11.6 Å². The van der Waals surface area contributed by atoms with E-state index in [-0.39, 0.29) is 22.5 Å². The molecule has 18 heteroatoms. The van der Waals surface area contributed by atoms with Gasteiger partial charge in [0.2, 0.25) is 0 Å². The van der Waals surface area contributed by atoms with Crippen LogP contribution in [0.3, 0.4) is 0 Å².